The molecule has 7 rings (SSSR count). The van der Waals surface area contributed by atoms with Gasteiger partial charge in [0, 0.05) is 42.0 Å². The molecule has 1 unspecified atom stereocenters. The third-order valence-corrected chi connectivity index (χ3v) is 8.17. The van der Waals surface area contributed by atoms with Crippen LogP contribution in [-0.4, -0.2) is 40.9 Å². The molecule has 2 N–H and O–H groups in total. The number of piperidine rings is 1. The number of anilines is 2. The lowest BCUT2D eigenvalue weighted by molar-refractivity contribution is -0.120. The van der Waals surface area contributed by atoms with Crippen molar-refractivity contribution in [2.75, 3.05) is 23.3 Å². The van der Waals surface area contributed by atoms with Crippen LogP contribution in [-0.2, 0) is 23.1 Å². The molecule has 2 aromatic carbocycles. The summed E-state index contributed by atoms with van der Waals surface area (Å²) in [4.78, 5) is 37.5. The van der Waals surface area contributed by atoms with Crippen LogP contribution in [0.3, 0.4) is 0 Å². The molecule has 2 aliphatic heterocycles. The number of hydrogen-bond acceptors (Lipinski definition) is 5. The van der Waals surface area contributed by atoms with Gasteiger partial charge < -0.3 is 15.5 Å². The summed E-state index contributed by atoms with van der Waals surface area (Å²) in [7, 11) is 0. The van der Waals surface area contributed by atoms with E-state index >= 15 is 0 Å². The molecular formula is C30H27N5O2. The average Bonchev–Trinajstić information content (AvgIpc) is 3.44. The number of pyridine rings is 2. The molecule has 7 heteroatoms. The van der Waals surface area contributed by atoms with Crippen molar-refractivity contribution in [1.29, 1.82) is 0 Å². The van der Waals surface area contributed by atoms with Crippen molar-refractivity contribution in [3.63, 3.8) is 0 Å². The molecule has 37 heavy (non-hydrogen) atoms. The molecule has 1 spiro atoms. The molecule has 1 fully saturated rings. The van der Waals surface area contributed by atoms with E-state index in [4.69, 9.17) is 4.98 Å². The molecule has 3 aliphatic rings. The molecule has 2 amide bonds. The Balaban J connectivity index is 1.08. The highest BCUT2D eigenvalue weighted by atomic mass is 16.2. The van der Waals surface area contributed by atoms with Gasteiger partial charge in [-0.25, -0.2) is 9.97 Å². The number of carbonyl (C=O) groups excluding carboxylic acids is 2. The van der Waals surface area contributed by atoms with Crippen molar-refractivity contribution in [2.24, 2.45) is 0 Å². The van der Waals surface area contributed by atoms with Gasteiger partial charge in [-0.3, -0.25) is 9.59 Å². The number of aromatic nitrogens is 2. The van der Waals surface area contributed by atoms with Crippen molar-refractivity contribution in [3.8, 4) is 0 Å². The first kappa shape index (κ1) is 22.0. The molecule has 4 heterocycles. The number of nitrogens with one attached hydrogen (secondary N) is 2. The largest absolute Gasteiger partial charge is 0.371 e. The van der Waals surface area contributed by atoms with Crippen molar-refractivity contribution in [2.45, 2.75) is 37.1 Å². The van der Waals surface area contributed by atoms with Crippen LogP contribution < -0.4 is 15.5 Å². The summed E-state index contributed by atoms with van der Waals surface area (Å²) < 4.78 is 0. The van der Waals surface area contributed by atoms with Gasteiger partial charge in [-0.1, -0.05) is 30.3 Å². The first-order valence-electron chi connectivity index (χ1n) is 12.9. The summed E-state index contributed by atoms with van der Waals surface area (Å²) in [5.74, 6) is 0.538. The van der Waals surface area contributed by atoms with Crippen LogP contribution in [0.5, 0.6) is 0 Å². The van der Waals surface area contributed by atoms with Gasteiger partial charge in [-0.2, -0.15) is 0 Å². The zero-order chi connectivity index (χ0) is 25.0. The van der Waals surface area contributed by atoms with E-state index in [9.17, 15) is 9.59 Å². The van der Waals surface area contributed by atoms with Gasteiger partial charge in [0.2, 0.25) is 5.91 Å². The lowest BCUT2D eigenvalue weighted by atomic mass is 9.79. The highest BCUT2D eigenvalue weighted by Crippen LogP contribution is 2.47. The standard InChI is InChI=1S/C30H27N5O2/c36-28(32-22-10-13-35(14-11-22)23-5-2-1-3-6-23)25-9-8-19-15-20-17-30(18-21(20)16-26(19)33-25)24-7-4-12-31-27(24)34-29(30)37/h1-9,12,15-16,22H,10-11,13-14,17-18H2,(H,32,36)(H,31,34,37). The number of hydrogen-bond donors (Lipinski definition) is 2. The van der Waals surface area contributed by atoms with E-state index in [2.05, 4.69) is 56.9 Å². The molecular weight excluding hydrogens is 462 g/mol. The number of carbonyl (C=O) groups is 2. The van der Waals surface area contributed by atoms with E-state index in [1.54, 1.807) is 12.3 Å². The predicted octanol–water partition coefficient (Wildman–Crippen LogP) is 4.02. The van der Waals surface area contributed by atoms with Crippen molar-refractivity contribution < 1.29 is 9.59 Å². The van der Waals surface area contributed by atoms with E-state index in [0.29, 0.717) is 24.4 Å². The first-order valence-corrected chi connectivity index (χ1v) is 12.9. The fourth-order valence-electron chi connectivity index (χ4n) is 6.20. The van der Waals surface area contributed by atoms with Crippen LogP contribution in [0.1, 0.15) is 40.0 Å². The normalized spacial score (nSPS) is 20.6. The predicted molar refractivity (Wildman–Crippen MR) is 143 cm³/mol. The highest BCUT2D eigenvalue weighted by molar-refractivity contribution is 6.06. The van der Waals surface area contributed by atoms with Crippen LogP contribution in [0.4, 0.5) is 11.5 Å². The molecule has 7 nitrogen and oxygen atoms in total. The first-order chi connectivity index (χ1) is 18.1. The van der Waals surface area contributed by atoms with Gasteiger partial charge in [-0.05, 0) is 73.2 Å². The van der Waals surface area contributed by atoms with Crippen LogP contribution in [0, 0.1) is 0 Å². The minimum absolute atomic E-state index is 0.00722. The Labute approximate surface area is 214 Å². The maximum atomic E-state index is 13.1. The zero-order valence-corrected chi connectivity index (χ0v) is 20.4. The van der Waals surface area contributed by atoms with Crippen LogP contribution in [0.15, 0.2) is 72.9 Å². The summed E-state index contributed by atoms with van der Waals surface area (Å²) in [6.45, 7) is 1.83. The number of fused-ring (bicyclic) bond motifs is 4. The van der Waals surface area contributed by atoms with E-state index in [-0.39, 0.29) is 17.9 Å². The lowest BCUT2D eigenvalue weighted by Crippen LogP contribution is -2.44. The van der Waals surface area contributed by atoms with Gasteiger partial charge in [0.05, 0.1) is 10.9 Å². The number of para-hydroxylation sites is 1. The van der Waals surface area contributed by atoms with Gasteiger partial charge >= 0.3 is 0 Å². The number of nitrogens with zero attached hydrogens (tertiary/aromatic N) is 3. The molecule has 4 aromatic rings. The van der Waals surface area contributed by atoms with Gasteiger partial charge in [0.25, 0.3) is 5.91 Å². The minimum atomic E-state index is -0.613. The van der Waals surface area contributed by atoms with Crippen molar-refractivity contribution >= 4 is 34.2 Å². The minimum Gasteiger partial charge on any atom is -0.371 e. The second-order valence-electron chi connectivity index (χ2n) is 10.4. The quantitative estimate of drug-likeness (QED) is 0.454. The Hall–Kier alpha value is -4.26. The Morgan fingerprint density at radius 2 is 1.76 bits per heavy atom. The molecule has 184 valence electrons. The fourth-order valence-corrected chi connectivity index (χ4v) is 6.20. The molecule has 0 saturated carbocycles. The van der Waals surface area contributed by atoms with Crippen molar-refractivity contribution in [3.05, 3.63) is 95.3 Å². The molecule has 0 radical (unpaired) electrons. The summed E-state index contributed by atoms with van der Waals surface area (Å²) in [6.07, 6.45) is 4.77. The molecule has 1 saturated heterocycles. The summed E-state index contributed by atoms with van der Waals surface area (Å²) >= 11 is 0. The van der Waals surface area contributed by atoms with Gasteiger partial charge in [0.15, 0.2) is 0 Å². The van der Waals surface area contributed by atoms with Crippen LogP contribution >= 0.6 is 0 Å². The smallest absolute Gasteiger partial charge is 0.270 e. The fraction of sp³-hybridized carbons (Fsp3) is 0.267. The monoisotopic (exact) mass is 489 g/mol. The number of amides is 2. The maximum absolute atomic E-state index is 13.1. The third kappa shape index (κ3) is 3.65. The Morgan fingerprint density at radius 3 is 2.57 bits per heavy atom. The highest BCUT2D eigenvalue weighted by Gasteiger charge is 2.51. The van der Waals surface area contributed by atoms with Gasteiger partial charge in [0.1, 0.15) is 11.5 Å². The van der Waals surface area contributed by atoms with Crippen LogP contribution in [0.2, 0.25) is 0 Å². The van der Waals surface area contributed by atoms with E-state index < -0.39 is 5.41 Å². The summed E-state index contributed by atoms with van der Waals surface area (Å²) in [6, 6.07) is 22.4. The summed E-state index contributed by atoms with van der Waals surface area (Å²) in [5.41, 5.74) is 5.06. The van der Waals surface area contributed by atoms with E-state index in [0.717, 1.165) is 53.5 Å². The SMILES string of the molecule is O=C(NC1CCN(c2ccccc2)CC1)c1ccc2cc3c(cc2n1)CC1(C3)C(=O)Nc2ncccc21. The Morgan fingerprint density at radius 1 is 0.973 bits per heavy atom. The molecule has 1 atom stereocenters. The zero-order valence-electron chi connectivity index (χ0n) is 20.4. The van der Waals surface area contributed by atoms with E-state index in [1.807, 2.05) is 24.3 Å². The second-order valence-corrected chi connectivity index (χ2v) is 10.4. The van der Waals surface area contributed by atoms with Gasteiger partial charge in [-0.15, -0.1) is 0 Å². The maximum Gasteiger partial charge on any atom is 0.270 e. The lowest BCUT2D eigenvalue weighted by Gasteiger charge is -2.33. The molecule has 2 aromatic heterocycles. The number of benzene rings is 2. The topological polar surface area (TPSA) is 87.2 Å². The Bertz CT molecular complexity index is 1540. The number of rotatable bonds is 3. The Kier molecular flexibility index (Phi) is 4.99. The second kappa shape index (κ2) is 8.40. The third-order valence-electron chi connectivity index (χ3n) is 8.17. The molecule has 1 aliphatic carbocycles. The summed E-state index contributed by atoms with van der Waals surface area (Å²) in [5, 5.41) is 7.13. The van der Waals surface area contributed by atoms with E-state index in [1.165, 1.54) is 5.69 Å². The van der Waals surface area contributed by atoms with Crippen LogP contribution in [0.25, 0.3) is 10.9 Å². The average molecular weight is 490 g/mol. The molecule has 0 bridgehead atoms. The van der Waals surface area contributed by atoms with Crippen molar-refractivity contribution in [1.82, 2.24) is 15.3 Å².